The van der Waals surface area contributed by atoms with Gasteiger partial charge in [-0.15, -0.1) is 0 Å². The van der Waals surface area contributed by atoms with E-state index >= 15 is 0 Å². The average molecular weight is 357 g/mol. The summed E-state index contributed by atoms with van der Waals surface area (Å²) in [6, 6.07) is 27.7. The minimum atomic E-state index is -0.0153. The third-order valence-corrected chi connectivity index (χ3v) is 4.28. The molecule has 0 aromatic heterocycles. The number of carbonyl (C=O) groups excluding carboxylic acids is 1. The zero-order chi connectivity index (χ0) is 18.9. The molecule has 0 saturated heterocycles. The molecule has 1 amide bonds. The Bertz CT molecular complexity index is 830. The first-order chi connectivity index (χ1) is 13.2. The minimum Gasteiger partial charge on any atom is -0.497 e. The van der Waals surface area contributed by atoms with Crippen LogP contribution in [0.15, 0.2) is 91.0 Å². The van der Waals surface area contributed by atoms with Gasteiger partial charge in [-0.25, -0.2) is 0 Å². The summed E-state index contributed by atoms with van der Waals surface area (Å²) >= 11 is 0. The number of nitrogens with zero attached hydrogens (tertiary/aromatic N) is 1. The van der Waals surface area contributed by atoms with E-state index in [1.165, 1.54) is 0 Å². The topological polar surface area (TPSA) is 29.5 Å². The lowest BCUT2D eigenvalue weighted by Gasteiger charge is -2.21. The second-order valence-corrected chi connectivity index (χ2v) is 6.27. The van der Waals surface area contributed by atoms with Crippen molar-refractivity contribution >= 4 is 12.0 Å². The second-order valence-electron chi connectivity index (χ2n) is 6.27. The summed E-state index contributed by atoms with van der Waals surface area (Å²) in [5.41, 5.74) is 3.18. The number of carbonyl (C=O) groups is 1. The van der Waals surface area contributed by atoms with Gasteiger partial charge in [0.25, 0.3) is 0 Å². The molecule has 136 valence electrons. The van der Waals surface area contributed by atoms with Crippen molar-refractivity contribution in [2.24, 2.45) is 0 Å². The summed E-state index contributed by atoms with van der Waals surface area (Å²) in [5, 5.41) is 0. The molecule has 3 rings (SSSR count). The van der Waals surface area contributed by atoms with Crippen molar-refractivity contribution in [3.63, 3.8) is 0 Å². The molecule has 3 nitrogen and oxygen atoms in total. The van der Waals surface area contributed by atoms with Gasteiger partial charge in [-0.2, -0.15) is 0 Å². The number of benzene rings is 3. The Kier molecular flexibility index (Phi) is 6.42. The first kappa shape index (κ1) is 18.5. The van der Waals surface area contributed by atoms with E-state index in [9.17, 15) is 4.79 Å². The molecular weight excluding hydrogens is 334 g/mol. The molecule has 27 heavy (non-hydrogen) atoms. The molecule has 0 heterocycles. The lowest BCUT2D eigenvalue weighted by Crippen LogP contribution is -2.28. The minimum absolute atomic E-state index is 0.0153. The van der Waals surface area contributed by atoms with Crippen molar-refractivity contribution in [1.82, 2.24) is 4.90 Å². The first-order valence-electron chi connectivity index (χ1n) is 8.93. The quantitative estimate of drug-likeness (QED) is 0.561. The van der Waals surface area contributed by atoms with E-state index < -0.39 is 0 Å². The molecule has 0 atom stereocenters. The van der Waals surface area contributed by atoms with Gasteiger partial charge >= 0.3 is 0 Å². The highest BCUT2D eigenvalue weighted by molar-refractivity contribution is 5.91. The highest BCUT2D eigenvalue weighted by atomic mass is 16.5. The fourth-order valence-electron chi connectivity index (χ4n) is 2.81. The van der Waals surface area contributed by atoms with Crippen molar-refractivity contribution in [2.45, 2.75) is 13.1 Å². The van der Waals surface area contributed by atoms with Gasteiger partial charge < -0.3 is 9.64 Å². The smallest absolute Gasteiger partial charge is 0.247 e. The molecule has 3 aromatic carbocycles. The van der Waals surface area contributed by atoms with Crippen LogP contribution in [0.5, 0.6) is 5.75 Å². The normalized spacial score (nSPS) is 10.7. The van der Waals surface area contributed by atoms with Crippen molar-refractivity contribution in [2.75, 3.05) is 7.11 Å². The lowest BCUT2D eigenvalue weighted by molar-refractivity contribution is -0.127. The monoisotopic (exact) mass is 357 g/mol. The number of rotatable bonds is 7. The van der Waals surface area contributed by atoms with Crippen LogP contribution in [-0.4, -0.2) is 17.9 Å². The summed E-state index contributed by atoms with van der Waals surface area (Å²) in [6.07, 6.45) is 3.47. The average Bonchev–Trinajstić information content (AvgIpc) is 2.73. The molecule has 0 aliphatic heterocycles. The van der Waals surface area contributed by atoms with E-state index in [4.69, 9.17) is 4.74 Å². The van der Waals surface area contributed by atoms with Crippen molar-refractivity contribution < 1.29 is 9.53 Å². The Labute approximate surface area is 160 Å². The van der Waals surface area contributed by atoms with Crippen LogP contribution in [0.25, 0.3) is 6.08 Å². The van der Waals surface area contributed by atoms with Gasteiger partial charge in [0.2, 0.25) is 5.91 Å². The Balaban J connectivity index is 1.75. The van der Waals surface area contributed by atoms with Crippen molar-refractivity contribution in [1.29, 1.82) is 0 Å². The predicted octanol–water partition coefficient (Wildman–Crippen LogP) is 4.94. The highest BCUT2D eigenvalue weighted by Crippen LogP contribution is 2.14. The van der Waals surface area contributed by atoms with Crippen LogP contribution in [0.1, 0.15) is 16.7 Å². The van der Waals surface area contributed by atoms with Crippen LogP contribution in [0, 0.1) is 0 Å². The summed E-state index contributed by atoms with van der Waals surface area (Å²) in [5.74, 6) is 0.784. The van der Waals surface area contributed by atoms with E-state index in [-0.39, 0.29) is 5.91 Å². The maximum Gasteiger partial charge on any atom is 0.247 e. The van der Waals surface area contributed by atoms with Gasteiger partial charge in [-0.1, -0.05) is 72.8 Å². The second kappa shape index (κ2) is 9.39. The SMILES string of the molecule is COc1ccc(C=CC(=O)N(Cc2ccccc2)Cc2ccccc2)cc1. The van der Waals surface area contributed by atoms with Gasteiger partial charge in [0.15, 0.2) is 0 Å². The van der Waals surface area contributed by atoms with Crippen LogP contribution in [-0.2, 0) is 17.9 Å². The summed E-state index contributed by atoms with van der Waals surface area (Å²) in [6.45, 7) is 1.14. The molecule has 0 saturated carbocycles. The Morgan fingerprint density at radius 3 is 1.81 bits per heavy atom. The molecule has 0 aliphatic carbocycles. The van der Waals surface area contributed by atoms with E-state index in [2.05, 4.69) is 0 Å². The maximum atomic E-state index is 12.9. The van der Waals surface area contributed by atoms with Crippen LogP contribution >= 0.6 is 0 Å². The Morgan fingerprint density at radius 1 is 0.815 bits per heavy atom. The number of hydrogen-bond donors (Lipinski definition) is 0. The third-order valence-electron chi connectivity index (χ3n) is 4.28. The lowest BCUT2D eigenvalue weighted by atomic mass is 10.1. The Hall–Kier alpha value is -3.33. The molecule has 3 heteroatoms. The van der Waals surface area contributed by atoms with Gasteiger partial charge in [0, 0.05) is 19.2 Å². The number of methoxy groups -OCH3 is 1. The predicted molar refractivity (Wildman–Crippen MR) is 109 cm³/mol. The maximum absolute atomic E-state index is 12.9. The van der Waals surface area contributed by atoms with E-state index in [1.807, 2.05) is 95.9 Å². The highest BCUT2D eigenvalue weighted by Gasteiger charge is 2.12. The summed E-state index contributed by atoms with van der Waals surface area (Å²) in [4.78, 5) is 14.7. The molecule has 0 aliphatic rings. The number of amides is 1. The van der Waals surface area contributed by atoms with Crippen molar-refractivity contribution in [3.05, 3.63) is 108 Å². The Morgan fingerprint density at radius 2 is 1.33 bits per heavy atom. The molecule has 0 unspecified atom stereocenters. The van der Waals surface area contributed by atoms with Gasteiger partial charge in [0.05, 0.1) is 7.11 Å². The van der Waals surface area contributed by atoms with Crippen LogP contribution in [0.4, 0.5) is 0 Å². The molecule has 3 aromatic rings. The summed E-state index contributed by atoms with van der Waals surface area (Å²) in [7, 11) is 1.64. The van der Waals surface area contributed by atoms with E-state index in [0.29, 0.717) is 13.1 Å². The van der Waals surface area contributed by atoms with Gasteiger partial charge in [-0.05, 0) is 34.9 Å². The zero-order valence-corrected chi connectivity index (χ0v) is 15.4. The molecular formula is C24H23NO2. The van der Waals surface area contributed by atoms with Gasteiger partial charge in [0.1, 0.15) is 5.75 Å². The summed E-state index contributed by atoms with van der Waals surface area (Å²) < 4.78 is 5.17. The zero-order valence-electron chi connectivity index (χ0n) is 15.4. The largest absolute Gasteiger partial charge is 0.497 e. The van der Waals surface area contributed by atoms with Crippen molar-refractivity contribution in [3.8, 4) is 5.75 Å². The van der Waals surface area contributed by atoms with E-state index in [0.717, 1.165) is 22.4 Å². The van der Waals surface area contributed by atoms with E-state index in [1.54, 1.807) is 13.2 Å². The number of ether oxygens (including phenoxy) is 1. The standard InChI is InChI=1S/C24H23NO2/c1-27-23-15-12-20(13-16-23)14-17-24(26)25(18-21-8-4-2-5-9-21)19-22-10-6-3-7-11-22/h2-17H,18-19H2,1H3. The molecule has 0 radical (unpaired) electrons. The molecule has 0 N–H and O–H groups in total. The number of hydrogen-bond acceptors (Lipinski definition) is 2. The van der Waals surface area contributed by atoms with Crippen LogP contribution in [0.2, 0.25) is 0 Å². The molecule has 0 bridgehead atoms. The molecule has 0 spiro atoms. The van der Waals surface area contributed by atoms with Crippen LogP contribution in [0.3, 0.4) is 0 Å². The van der Waals surface area contributed by atoms with Crippen LogP contribution < -0.4 is 4.74 Å². The molecule has 0 fully saturated rings. The third kappa shape index (κ3) is 5.58. The van der Waals surface area contributed by atoms with Gasteiger partial charge in [-0.3, -0.25) is 4.79 Å². The fourth-order valence-corrected chi connectivity index (χ4v) is 2.81. The first-order valence-corrected chi connectivity index (χ1v) is 8.93. The fraction of sp³-hybridized carbons (Fsp3) is 0.125.